The summed E-state index contributed by atoms with van der Waals surface area (Å²) in [5.74, 6) is -1.64. The third kappa shape index (κ3) is 6.56. The summed E-state index contributed by atoms with van der Waals surface area (Å²) in [5, 5.41) is 22.9. The van der Waals surface area contributed by atoms with E-state index >= 15 is 0 Å². The molecular formula is C15H22N4O5. The molecule has 3 N–H and O–H groups in total. The molecule has 0 aromatic rings. The molecule has 1 heterocycles. The van der Waals surface area contributed by atoms with Crippen molar-refractivity contribution in [3.8, 4) is 6.07 Å². The molecule has 0 aromatic carbocycles. The number of carbonyl (C=O) groups is 3. The van der Waals surface area contributed by atoms with Crippen LogP contribution in [-0.2, 0) is 14.3 Å². The van der Waals surface area contributed by atoms with Crippen molar-refractivity contribution in [1.82, 2.24) is 15.5 Å². The maximum absolute atomic E-state index is 11.7. The van der Waals surface area contributed by atoms with Crippen molar-refractivity contribution < 1.29 is 24.2 Å². The highest BCUT2D eigenvalue weighted by Gasteiger charge is 2.23. The van der Waals surface area contributed by atoms with Crippen LogP contribution < -0.4 is 10.6 Å². The number of amides is 2. The average molecular weight is 338 g/mol. The number of nitrogens with zero attached hydrogens (tertiary/aromatic N) is 2. The summed E-state index contributed by atoms with van der Waals surface area (Å²) in [7, 11) is 0. The molecule has 1 fully saturated rings. The summed E-state index contributed by atoms with van der Waals surface area (Å²) >= 11 is 0. The van der Waals surface area contributed by atoms with Crippen LogP contribution in [0.25, 0.3) is 0 Å². The van der Waals surface area contributed by atoms with Gasteiger partial charge in [0.25, 0.3) is 5.91 Å². The standard InChI is InChI=1S/C15H22N4O5/c1-2-24-15(23)19-7-4-12(5-8-19)18-10-11(9-16)14(22)17-6-3-13(20)21/h10,12,18H,2-8H2,1H3,(H,17,22)(H,20,21)/b11-10-. The lowest BCUT2D eigenvalue weighted by Gasteiger charge is -2.31. The van der Waals surface area contributed by atoms with Crippen molar-refractivity contribution in [1.29, 1.82) is 5.26 Å². The van der Waals surface area contributed by atoms with Gasteiger partial charge in [-0.1, -0.05) is 0 Å². The summed E-state index contributed by atoms with van der Waals surface area (Å²) in [6.45, 7) is 3.13. The van der Waals surface area contributed by atoms with Gasteiger partial charge in [-0.25, -0.2) is 4.79 Å². The highest BCUT2D eigenvalue weighted by Crippen LogP contribution is 2.11. The van der Waals surface area contributed by atoms with Crippen LogP contribution in [0.15, 0.2) is 11.8 Å². The smallest absolute Gasteiger partial charge is 0.409 e. The van der Waals surface area contributed by atoms with Gasteiger partial charge in [0.05, 0.1) is 13.0 Å². The molecule has 0 aromatic heterocycles. The molecule has 0 saturated carbocycles. The number of carboxylic acid groups (broad SMARTS) is 1. The average Bonchev–Trinajstić information content (AvgIpc) is 2.56. The Hall–Kier alpha value is -2.76. The minimum atomic E-state index is -1.02. The molecule has 0 unspecified atom stereocenters. The van der Waals surface area contributed by atoms with Gasteiger partial charge in [0.15, 0.2) is 0 Å². The Morgan fingerprint density at radius 3 is 2.58 bits per heavy atom. The van der Waals surface area contributed by atoms with Gasteiger partial charge in [-0.05, 0) is 19.8 Å². The zero-order valence-electron chi connectivity index (χ0n) is 13.6. The van der Waals surface area contributed by atoms with Gasteiger partial charge in [-0.2, -0.15) is 5.26 Å². The van der Waals surface area contributed by atoms with Gasteiger partial charge in [-0.3, -0.25) is 9.59 Å². The lowest BCUT2D eigenvalue weighted by atomic mass is 10.1. The first-order valence-electron chi connectivity index (χ1n) is 7.76. The molecule has 0 aliphatic carbocycles. The second-order valence-electron chi connectivity index (χ2n) is 5.20. The molecular weight excluding hydrogens is 316 g/mol. The van der Waals surface area contributed by atoms with Crippen molar-refractivity contribution in [2.24, 2.45) is 0 Å². The fourth-order valence-corrected chi connectivity index (χ4v) is 2.17. The van der Waals surface area contributed by atoms with Crippen LogP contribution >= 0.6 is 0 Å². The topological polar surface area (TPSA) is 132 Å². The molecule has 1 aliphatic rings. The number of carbonyl (C=O) groups excluding carboxylic acids is 2. The number of aliphatic carboxylic acids is 1. The zero-order chi connectivity index (χ0) is 17.9. The van der Waals surface area contributed by atoms with E-state index in [1.165, 1.54) is 6.20 Å². The van der Waals surface area contributed by atoms with E-state index in [-0.39, 0.29) is 30.7 Å². The van der Waals surface area contributed by atoms with Gasteiger partial charge in [0.1, 0.15) is 11.6 Å². The van der Waals surface area contributed by atoms with Gasteiger partial charge >= 0.3 is 12.1 Å². The summed E-state index contributed by atoms with van der Waals surface area (Å²) in [6.07, 6.45) is 2.15. The number of rotatable bonds is 7. The lowest BCUT2D eigenvalue weighted by Crippen LogP contribution is -2.44. The molecule has 0 bridgehead atoms. The quantitative estimate of drug-likeness (QED) is 0.446. The largest absolute Gasteiger partial charge is 0.481 e. The van der Waals surface area contributed by atoms with Crippen LogP contribution in [0.1, 0.15) is 26.2 Å². The maximum atomic E-state index is 11.7. The fourth-order valence-electron chi connectivity index (χ4n) is 2.17. The molecule has 9 heteroatoms. The second-order valence-corrected chi connectivity index (χ2v) is 5.20. The van der Waals surface area contributed by atoms with Crippen LogP contribution in [0.4, 0.5) is 4.79 Å². The molecule has 0 spiro atoms. The molecule has 2 amide bonds. The van der Waals surface area contributed by atoms with Gasteiger partial charge < -0.3 is 25.4 Å². The van der Waals surface area contributed by atoms with Crippen LogP contribution in [0.2, 0.25) is 0 Å². The van der Waals surface area contributed by atoms with Crippen LogP contribution in [0.5, 0.6) is 0 Å². The first-order chi connectivity index (χ1) is 11.5. The molecule has 9 nitrogen and oxygen atoms in total. The normalized spacial score (nSPS) is 15.3. The molecule has 132 valence electrons. The third-order valence-corrected chi connectivity index (χ3v) is 3.47. The first kappa shape index (κ1) is 19.3. The van der Waals surface area contributed by atoms with Gasteiger partial charge in [-0.15, -0.1) is 0 Å². The summed E-state index contributed by atoms with van der Waals surface area (Å²) in [5.41, 5.74) is -0.117. The minimum Gasteiger partial charge on any atom is -0.481 e. The molecule has 0 radical (unpaired) electrons. The molecule has 1 saturated heterocycles. The van der Waals surface area contributed by atoms with Crippen molar-refractivity contribution >= 4 is 18.0 Å². The molecule has 0 atom stereocenters. The number of piperidine rings is 1. The Kier molecular flexibility index (Phi) is 8.11. The number of ether oxygens (including phenoxy) is 1. The SMILES string of the molecule is CCOC(=O)N1CCC(N/C=C(/C#N)C(=O)NCCC(=O)O)CC1. The van der Waals surface area contributed by atoms with Crippen molar-refractivity contribution in [2.45, 2.75) is 32.2 Å². The Balaban J connectivity index is 2.41. The Labute approximate surface area is 140 Å². The highest BCUT2D eigenvalue weighted by atomic mass is 16.6. The molecule has 1 aliphatic heterocycles. The van der Waals surface area contributed by atoms with E-state index in [1.807, 2.05) is 0 Å². The monoisotopic (exact) mass is 338 g/mol. The number of likely N-dealkylation sites (tertiary alicyclic amines) is 1. The third-order valence-electron chi connectivity index (χ3n) is 3.47. The molecule has 24 heavy (non-hydrogen) atoms. The zero-order valence-corrected chi connectivity index (χ0v) is 13.6. The minimum absolute atomic E-state index is 0.0366. The number of nitriles is 1. The number of hydrogen-bond donors (Lipinski definition) is 3. The summed E-state index contributed by atoms with van der Waals surface area (Å²) in [6, 6.07) is 1.82. The van der Waals surface area contributed by atoms with Crippen molar-refractivity contribution in [3.63, 3.8) is 0 Å². The summed E-state index contributed by atoms with van der Waals surface area (Å²) in [4.78, 5) is 35.3. The van der Waals surface area contributed by atoms with E-state index in [4.69, 9.17) is 15.1 Å². The number of nitrogens with one attached hydrogen (secondary N) is 2. The Bertz CT molecular complexity index is 532. The van der Waals surface area contributed by atoms with E-state index in [9.17, 15) is 14.4 Å². The number of hydrogen-bond acceptors (Lipinski definition) is 6. The first-order valence-corrected chi connectivity index (χ1v) is 7.76. The lowest BCUT2D eigenvalue weighted by molar-refractivity contribution is -0.136. The summed E-state index contributed by atoms with van der Waals surface area (Å²) < 4.78 is 4.93. The molecule has 1 rings (SSSR count). The van der Waals surface area contributed by atoms with Crippen LogP contribution in [-0.4, -0.2) is 60.3 Å². The Morgan fingerprint density at radius 1 is 1.38 bits per heavy atom. The van der Waals surface area contributed by atoms with E-state index in [0.29, 0.717) is 32.5 Å². The predicted octanol–water partition coefficient (Wildman–Crippen LogP) is 0.195. The van der Waals surface area contributed by atoms with Gasteiger partial charge in [0.2, 0.25) is 0 Å². The fraction of sp³-hybridized carbons (Fsp3) is 0.600. The van der Waals surface area contributed by atoms with E-state index < -0.39 is 11.9 Å². The van der Waals surface area contributed by atoms with E-state index in [2.05, 4.69) is 10.6 Å². The highest BCUT2D eigenvalue weighted by molar-refractivity contribution is 5.97. The maximum Gasteiger partial charge on any atom is 0.409 e. The second kappa shape index (κ2) is 10.1. The Morgan fingerprint density at radius 2 is 2.04 bits per heavy atom. The van der Waals surface area contributed by atoms with E-state index in [1.54, 1.807) is 17.9 Å². The van der Waals surface area contributed by atoms with Crippen LogP contribution in [0, 0.1) is 11.3 Å². The predicted molar refractivity (Wildman–Crippen MR) is 83.7 cm³/mol. The van der Waals surface area contributed by atoms with E-state index in [0.717, 1.165) is 0 Å². The van der Waals surface area contributed by atoms with Crippen molar-refractivity contribution in [3.05, 3.63) is 11.8 Å². The van der Waals surface area contributed by atoms with Gasteiger partial charge in [0, 0.05) is 31.9 Å². The number of carboxylic acids is 1. The van der Waals surface area contributed by atoms with Crippen LogP contribution in [0.3, 0.4) is 0 Å². The van der Waals surface area contributed by atoms with Crippen molar-refractivity contribution in [2.75, 3.05) is 26.2 Å².